The molecule has 14 nitrogen and oxygen atoms in total. The van der Waals surface area contributed by atoms with Crippen LogP contribution in [0.4, 0.5) is 5.82 Å². The molecule has 3 aromatic rings. The van der Waals surface area contributed by atoms with Crippen LogP contribution in [0.3, 0.4) is 0 Å². The molecule has 0 spiro atoms. The summed E-state index contributed by atoms with van der Waals surface area (Å²) >= 11 is 0. The molecular formula is C26H30N4O10S. The molecule has 2 heterocycles. The summed E-state index contributed by atoms with van der Waals surface area (Å²) in [7, 11) is -1.39. The van der Waals surface area contributed by atoms with E-state index in [0.717, 1.165) is 6.33 Å². The number of aromatic nitrogens is 2. The molecule has 0 saturated carbocycles. The Labute approximate surface area is 236 Å². The number of aliphatic hydroxyl groups is 1. The Morgan fingerprint density at radius 2 is 1.80 bits per heavy atom. The van der Waals surface area contributed by atoms with Crippen LogP contribution in [-0.2, 0) is 19.6 Å². The van der Waals surface area contributed by atoms with E-state index in [2.05, 4.69) is 14.7 Å². The van der Waals surface area contributed by atoms with Gasteiger partial charge in [0, 0.05) is 25.2 Å². The highest BCUT2D eigenvalue weighted by Gasteiger charge is 2.24. The lowest BCUT2D eigenvalue weighted by Crippen LogP contribution is -2.43. The van der Waals surface area contributed by atoms with Crippen LogP contribution in [0.2, 0.25) is 0 Å². The summed E-state index contributed by atoms with van der Waals surface area (Å²) < 4.78 is 62.1. The Morgan fingerprint density at radius 3 is 2.54 bits per heavy atom. The van der Waals surface area contributed by atoms with E-state index in [1.54, 1.807) is 29.2 Å². The molecule has 2 aromatic carbocycles. The first-order valence-corrected chi connectivity index (χ1v) is 13.9. The summed E-state index contributed by atoms with van der Waals surface area (Å²) in [6.45, 7) is 1.01. The van der Waals surface area contributed by atoms with Gasteiger partial charge in [0.25, 0.3) is 21.8 Å². The van der Waals surface area contributed by atoms with Gasteiger partial charge in [-0.2, -0.15) is 4.98 Å². The zero-order valence-electron chi connectivity index (χ0n) is 22.4. The van der Waals surface area contributed by atoms with Crippen molar-refractivity contribution in [1.82, 2.24) is 14.9 Å². The Morgan fingerprint density at radius 1 is 1.02 bits per heavy atom. The van der Waals surface area contributed by atoms with Gasteiger partial charge in [0.1, 0.15) is 24.4 Å². The quantitative estimate of drug-likeness (QED) is 0.296. The maximum atomic E-state index is 13.5. The lowest BCUT2D eigenvalue weighted by atomic mass is 10.3. The second-order valence-corrected chi connectivity index (χ2v) is 10.1. The van der Waals surface area contributed by atoms with E-state index in [1.165, 1.54) is 32.4 Å². The molecule has 2 N–H and O–H groups in total. The predicted octanol–water partition coefficient (Wildman–Crippen LogP) is 1.70. The number of sulfonamides is 1. The number of aliphatic hydroxyl groups excluding tert-OH is 1. The van der Waals surface area contributed by atoms with Gasteiger partial charge in [-0.15, -0.1) is 0 Å². The van der Waals surface area contributed by atoms with Crippen LogP contribution in [0, 0.1) is 0 Å². The van der Waals surface area contributed by atoms with Gasteiger partial charge in [-0.1, -0.05) is 6.07 Å². The van der Waals surface area contributed by atoms with Crippen molar-refractivity contribution in [2.45, 2.75) is 4.90 Å². The summed E-state index contributed by atoms with van der Waals surface area (Å²) in [5, 5.41) is 9.21. The van der Waals surface area contributed by atoms with E-state index < -0.39 is 10.0 Å². The molecule has 1 saturated heterocycles. The molecule has 220 valence electrons. The number of carbonyl (C=O) groups is 1. The first-order valence-electron chi connectivity index (χ1n) is 12.4. The van der Waals surface area contributed by atoms with E-state index >= 15 is 0 Å². The first-order chi connectivity index (χ1) is 19.8. The number of benzene rings is 2. The third kappa shape index (κ3) is 7.65. The van der Waals surface area contributed by atoms with Crippen molar-refractivity contribution in [2.24, 2.45) is 0 Å². The Hall–Kier alpha value is -4.34. The Kier molecular flexibility index (Phi) is 10.00. The predicted molar refractivity (Wildman–Crippen MR) is 144 cm³/mol. The lowest BCUT2D eigenvalue weighted by molar-refractivity contribution is -0.137. The fourth-order valence-corrected chi connectivity index (χ4v) is 4.74. The largest absolute Gasteiger partial charge is 0.497 e. The minimum absolute atomic E-state index is 0.0551. The van der Waals surface area contributed by atoms with Crippen LogP contribution in [0.15, 0.2) is 53.7 Å². The van der Waals surface area contributed by atoms with Gasteiger partial charge in [0.15, 0.2) is 23.9 Å². The van der Waals surface area contributed by atoms with Crippen molar-refractivity contribution >= 4 is 21.7 Å². The third-order valence-electron chi connectivity index (χ3n) is 5.75. The second kappa shape index (κ2) is 13.8. The maximum Gasteiger partial charge on any atom is 0.263 e. The van der Waals surface area contributed by atoms with E-state index in [4.69, 9.17) is 28.4 Å². The Bertz CT molecular complexity index is 1450. The van der Waals surface area contributed by atoms with Crippen LogP contribution in [-0.4, -0.2) is 94.6 Å². The number of amides is 1. The van der Waals surface area contributed by atoms with Crippen LogP contribution in [0.5, 0.6) is 34.6 Å². The fraction of sp³-hybridized carbons (Fsp3) is 0.346. The van der Waals surface area contributed by atoms with Crippen molar-refractivity contribution in [2.75, 3.05) is 65.1 Å². The highest BCUT2D eigenvalue weighted by atomic mass is 32.2. The molecule has 0 atom stereocenters. The Balaban J connectivity index is 1.60. The summed E-state index contributed by atoms with van der Waals surface area (Å²) in [5.41, 5.74) is 0. The number of nitrogens with zero attached hydrogens (tertiary/aromatic N) is 3. The molecule has 0 unspecified atom stereocenters. The van der Waals surface area contributed by atoms with Crippen molar-refractivity contribution in [3.8, 4) is 34.6 Å². The molecule has 1 fully saturated rings. The molecule has 1 aromatic heterocycles. The van der Waals surface area contributed by atoms with Gasteiger partial charge in [-0.3, -0.25) is 9.52 Å². The van der Waals surface area contributed by atoms with Crippen LogP contribution >= 0.6 is 0 Å². The van der Waals surface area contributed by atoms with Crippen molar-refractivity contribution < 1.29 is 46.7 Å². The number of hydrogen-bond acceptors (Lipinski definition) is 12. The highest BCUT2D eigenvalue weighted by Crippen LogP contribution is 2.38. The number of rotatable bonds is 13. The lowest BCUT2D eigenvalue weighted by Gasteiger charge is -2.26. The average molecular weight is 591 g/mol. The van der Waals surface area contributed by atoms with Gasteiger partial charge in [0.05, 0.1) is 38.9 Å². The monoisotopic (exact) mass is 590 g/mol. The number of ether oxygens (including phenoxy) is 6. The average Bonchev–Trinajstić information content (AvgIpc) is 3.00. The minimum Gasteiger partial charge on any atom is -0.497 e. The highest BCUT2D eigenvalue weighted by molar-refractivity contribution is 7.92. The van der Waals surface area contributed by atoms with E-state index in [-0.39, 0.29) is 59.6 Å². The normalized spacial score (nSPS) is 13.3. The van der Waals surface area contributed by atoms with Gasteiger partial charge in [0.2, 0.25) is 5.75 Å². The van der Waals surface area contributed by atoms with Gasteiger partial charge in [-0.25, -0.2) is 13.4 Å². The van der Waals surface area contributed by atoms with E-state index in [9.17, 15) is 18.3 Å². The molecule has 4 rings (SSSR count). The molecule has 1 aliphatic heterocycles. The zero-order valence-corrected chi connectivity index (χ0v) is 23.3. The number of anilines is 1. The zero-order chi connectivity index (χ0) is 29.2. The number of morpholine rings is 1. The maximum absolute atomic E-state index is 13.5. The molecule has 0 bridgehead atoms. The van der Waals surface area contributed by atoms with E-state index in [0.29, 0.717) is 37.8 Å². The van der Waals surface area contributed by atoms with E-state index in [1.807, 2.05) is 0 Å². The topological polar surface area (TPSA) is 168 Å². The first kappa shape index (κ1) is 29.6. The van der Waals surface area contributed by atoms with Crippen molar-refractivity contribution in [3.05, 3.63) is 48.8 Å². The standard InChI is InChI=1S/C26H30N4O10S/c1-35-18-4-3-5-19(14-18)40-24-25(27-17-28-26(24)38-13-10-31)29-41(33,34)20-6-7-21(36-2)22(15-20)39-16-23(32)30-8-11-37-12-9-30/h3-7,14-15,17,31H,8-13,16H2,1-2H3,(H,27,28,29). The number of carbonyl (C=O) groups excluding carboxylic acids is 1. The molecule has 0 aliphatic carbocycles. The minimum atomic E-state index is -4.28. The van der Waals surface area contributed by atoms with Crippen molar-refractivity contribution in [1.29, 1.82) is 0 Å². The molecule has 41 heavy (non-hydrogen) atoms. The number of nitrogens with one attached hydrogen (secondary N) is 1. The van der Waals surface area contributed by atoms with Gasteiger partial charge >= 0.3 is 0 Å². The molecule has 1 amide bonds. The van der Waals surface area contributed by atoms with Gasteiger partial charge < -0.3 is 38.4 Å². The third-order valence-corrected chi connectivity index (χ3v) is 7.09. The molecule has 15 heteroatoms. The van der Waals surface area contributed by atoms with Crippen LogP contribution in [0.1, 0.15) is 0 Å². The number of hydrogen-bond donors (Lipinski definition) is 2. The van der Waals surface area contributed by atoms with Crippen LogP contribution in [0.25, 0.3) is 0 Å². The fourth-order valence-electron chi connectivity index (χ4n) is 3.72. The smallest absolute Gasteiger partial charge is 0.263 e. The summed E-state index contributed by atoms with van der Waals surface area (Å²) in [6, 6.07) is 10.5. The number of methoxy groups -OCH3 is 2. The van der Waals surface area contributed by atoms with Gasteiger partial charge in [-0.05, 0) is 24.3 Å². The summed E-state index contributed by atoms with van der Waals surface area (Å²) in [4.78, 5) is 22.0. The molecular weight excluding hydrogens is 560 g/mol. The summed E-state index contributed by atoms with van der Waals surface area (Å²) in [6.07, 6.45) is 1.09. The van der Waals surface area contributed by atoms with Crippen LogP contribution < -0.4 is 28.4 Å². The molecule has 1 aliphatic rings. The van der Waals surface area contributed by atoms with Crippen molar-refractivity contribution in [3.63, 3.8) is 0 Å². The summed E-state index contributed by atoms with van der Waals surface area (Å²) in [5.74, 6) is 0.348. The molecule has 0 radical (unpaired) electrons. The second-order valence-electron chi connectivity index (χ2n) is 8.41. The SMILES string of the molecule is COc1cccc(Oc2c(NS(=O)(=O)c3ccc(OC)c(OCC(=O)N4CCOCC4)c3)ncnc2OCCO)c1.